The average Bonchev–Trinajstić information content (AvgIpc) is 3.05. The molecule has 7 heteroatoms. The standard InChI is InChI=1S/C19H19FN4OS/c1-14-18(13-22-24(14)19-7-4-16(20)12-21-19)15-2-5-17(6-3-15)23-8-10-26(25)11-9-23/h2-7,12-13H,8-11H2,1H3. The van der Waals surface area contributed by atoms with E-state index in [9.17, 15) is 8.60 Å². The molecule has 3 heterocycles. The summed E-state index contributed by atoms with van der Waals surface area (Å²) in [5, 5.41) is 4.40. The summed E-state index contributed by atoms with van der Waals surface area (Å²) >= 11 is 0. The van der Waals surface area contributed by atoms with Crippen molar-refractivity contribution in [1.82, 2.24) is 14.8 Å². The van der Waals surface area contributed by atoms with Crippen LogP contribution in [-0.4, -0.2) is 43.6 Å². The van der Waals surface area contributed by atoms with Crippen molar-refractivity contribution in [2.45, 2.75) is 6.92 Å². The zero-order valence-corrected chi connectivity index (χ0v) is 15.2. The van der Waals surface area contributed by atoms with Crippen molar-refractivity contribution in [1.29, 1.82) is 0 Å². The number of nitrogens with zero attached hydrogens (tertiary/aromatic N) is 4. The fraction of sp³-hybridized carbons (Fsp3) is 0.263. The van der Waals surface area contributed by atoms with Crippen LogP contribution < -0.4 is 4.90 Å². The molecule has 0 atom stereocenters. The molecule has 1 aliphatic rings. The fourth-order valence-electron chi connectivity index (χ4n) is 3.17. The molecule has 0 amide bonds. The molecular formula is C19H19FN4OS. The minimum atomic E-state index is -0.671. The monoisotopic (exact) mass is 370 g/mol. The number of hydrogen-bond donors (Lipinski definition) is 0. The zero-order chi connectivity index (χ0) is 18.1. The SMILES string of the molecule is Cc1c(-c2ccc(N3CCS(=O)CC3)cc2)cnn1-c1ccc(F)cn1. The third-order valence-electron chi connectivity index (χ3n) is 4.66. The number of halogens is 1. The number of hydrogen-bond acceptors (Lipinski definition) is 4. The first-order chi connectivity index (χ1) is 12.6. The molecule has 5 nitrogen and oxygen atoms in total. The molecule has 0 saturated carbocycles. The second-order valence-corrected chi connectivity index (χ2v) is 7.97. The van der Waals surface area contributed by atoms with Crippen LogP contribution in [-0.2, 0) is 10.8 Å². The molecule has 1 aliphatic heterocycles. The van der Waals surface area contributed by atoms with E-state index in [1.807, 2.05) is 6.92 Å². The highest BCUT2D eigenvalue weighted by molar-refractivity contribution is 7.85. The van der Waals surface area contributed by atoms with Crippen LogP contribution in [0.25, 0.3) is 16.9 Å². The molecule has 1 fully saturated rings. The topological polar surface area (TPSA) is 51.0 Å². The first-order valence-corrected chi connectivity index (χ1v) is 9.97. The predicted molar refractivity (Wildman–Crippen MR) is 102 cm³/mol. The van der Waals surface area contributed by atoms with Crippen molar-refractivity contribution in [3.05, 3.63) is 60.3 Å². The van der Waals surface area contributed by atoms with Gasteiger partial charge in [-0.1, -0.05) is 12.1 Å². The maximum atomic E-state index is 13.1. The van der Waals surface area contributed by atoms with E-state index >= 15 is 0 Å². The van der Waals surface area contributed by atoms with Gasteiger partial charge in [0.2, 0.25) is 0 Å². The van der Waals surface area contributed by atoms with Crippen LogP contribution in [0.2, 0.25) is 0 Å². The highest BCUT2D eigenvalue weighted by atomic mass is 32.2. The molecular weight excluding hydrogens is 351 g/mol. The van der Waals surface area contributed by atoms with Crippen molar-refractivity contribution in [3.63, 3.8) is 0 Å². The zero-order valence-electron chi connectivity index (χ0n) is 14.4. The van der Waals surface area contributed by atoms with Gasteiger partial charge in [0.25, 0.3) is 0 Å². The Labute approximate surface area is 153 Å². The quantitative estimate of drug-likeness (QED) is 0.711. The number of rotatable bonds is 3. The fourth-order valence-corrected chi connectivity index (χ4v) is 4.22. The Morgan fingerprint density at radius 3 is 2.42 bits per heavy atom. The third kappa shape index (κ3) is 3.26. The molecule has 2 aromatic heterocycles. The van der Waals surface area contributed by atoms with Gasteiger partial charge in [0.1, 0.15) is 5.82 Å². The lowest BCUT2D eigenvalue weighted by atomic mass is 10.1. The predicted octanol–water partition coefficient (Wildman–Crippen LogP) is 2.95. The van der Waals surface area contributed by atoms with E-state index in [1.54, 1.807) is 16.9 Å². The number of anilines is 1. The third-order valence-corrected chi connectivity index (χ3v) is 5.94. The lowest BCUT2D eigenvalue weighted by Gasteiger charge is -2.28. The van der Waals surface area contributed by atoms with E-state index in [1.165, 1.54) is 12.3 Å². The molecule has 3 aromatic rings. The highest BCUT2D eigenvalue weighted by Crippen LogP contribution is 2.27. The van der Waals surface area contributed by atoms with Gasteiger partial charge in [-0.05, 0) is 36.8 Å². The lowest BCUT2D eigenvalue weighted by molar-refractivity contribution is 0.619. The number of pyridine rings is 1. The molecule has 4 rings (SSSR count). The highest BCUT2D eigenvalue weighted by Gasteiger charge is 2.16. The summed E-state index contributed by atoms with van der Waals surface area (Å²) < 4.78 is 26.3. The summed E-state index contributed by atoms with van der Waals surface area (Å²) in [6, 6.07) is 11.3. The molecule has 0 aliphatic carbocycles. The van der Waals surface area contributed by atoms with Gasteiger partial charge in [-0.25, -0.2) is 14.1 Å². The summed E-state index contributed by atoms with van der Waals surface area (Å²) in [6.07, 6.45) is 3.00. The second-order valence-electron chi connectivity index (χ2n) is 6.27. The van der Waals surface area contributed by atoms with E-state index in [0.29, 0.717) is 5.82 Å². The lowest BCUT2D eigenvalue weighted by Crippen LogP contribution is -2.37. The molecule has 26 heavy (non-hydrogen) atoms. The first-order valence-electron chi connectivity index (χ1n) is 8.49. The Morgan fingerprint density at radius 1 is 1.04 bits per heavy atom. The van der Waals surface area contributed by atoms with Crippen LogP contribution in [0.5, 0.6) is 0 Å². The molecule has 0 unspecified atom stereocenters. The summed E-state index contributed by atoms with van der Waals surface area (Å²) in [6.45, 7) is 3.64. The van der Waals surface area contributed by atoms with E-state index < -0.39 is 10.8 Å². The maximum Gasteiger partial charge on any atom is 0.153 e. The van der Waals surface area contributed by atoms with Gasteiger partial charge in [-0.3, -0.25) is 4.21 Å². The number of aromatic nitrogens is 3. The Bertz CT molecular complexity index is 927. The van der Waals surface area contributed by atoms with Gasteiger partial charge >= 0.3 is 0 Å². The smallest absolute Gasteiger partial charge is 0.153 e. The van der Waals surface area contributed by atoms with Gasteiger partial charge in [0.15, 0.2) is 5.82 Å². The molecule has 1 aromatic carbocycles. The van der Waals surface area contributed by atoms with Crippen LogP contribution >= 0.6 is 0 Å². The minimum absolute atomic E-state index is 0.365. The second kappa shape index (κ2) is 6.99. The minimum Gasteiger partial charge on any atom is -0.370 e. The Balaban J connectivity index is 1.58. The van der Waals surface area contributed by atoms with Gasteiger partial charge in [0.05, 0.1) is 18.1 Å². The van der Waals surface area contributed by atoms with E-state index in [0.717, 1.165) is 47.1 Å². The van der Waals surface area contributed by atoms with Gasteiger partial charge < -0.3 is 4.90 Å². The van der Waals surface area contributed by atoms with E-state index in [-0.39, 0.29) is 5.82 Å². The van der Waals surface area contributed by atoms with Crippen LogP contribution in [0.15, 0.2) is 48.8 Å². The number of benzene rings is 1. The van der Waals surface area contributed by atoms with Crippen LogP contribution in [0.3, 0.4) is 0 Å². The summed E-state index contributed by atoms with van der Waals surface area (Å²) in [5.41, 5.74) is 4.18. The molecule has 1 saturated heterocycles. The van der Waals surface area contributed by atoms with Crippen LogP contribution in [0, 0.1) is 12.7 Å². The van der Waals surface area contributed by atoms with E-state index in [4.69, 9.17) is 0 Å². The normalized spacial score (nSPS) is 15.4. The Hall–Kier alpha value is -2.54. The van der Waals surface area contributed by atoms with Gasteiger partial charge in [0, 0.05) is 46.6 Å². The molecule has 0 bridgehead atoms. The van der Waals surface area contributed by atoms with E-state index in [2.05, 4.69) is 39.2 Å². The van der Waals surface area contributed by atoms with Crippen molar-refractivity contribution in [3.8, 4) is 16.9 Å². The summed E-state index contributed by atoms with van der Waals surface area (Å²) in [5.74, 6) is 1.69. The van der Waals surface area contributed by atoms with Gasteiger partial charge in [-0.2, -0.15) is 5.10 Å². The van der Waals surface area contributed by atoms with Crippen molar-refractivity contribution >= 4 is 16.5 Å². The molecule has 0 spiro atoms. The summed E-state index contributed by atoms with van der Waals surface area (Å²) in [7, 11) is -0.671. The summed E-state index contributed by atoms with van der Waals surface area (Å²) in [4.78, 5) is 6.36. The van der Waals surface area contributed by atoms with Crippen molar-refractivity contribution in [2.24, 2.45) is 0 Å². The maximum absolute atomic E-state index is 13.1. The van der Waals surface area contributed by atoms with Crippen LogP contribution in [0.1, 0.15) is 5.69 Å². The van der Waals surface area contributed by atoms with Crippen molar-refractivity contribution in [2.75, 3.05) is 29.5 Å². The first kappa shape index (κ1) is 16.9. The Kier molecular flexibility index (Phi) is 4.55. The molecule has 0 N–H and O–H groups in total. The van der Waals surface area contributed by atoms with Gasteiger partial charge in [-0.15, -0.1) is 0 Å². The molecule has 134 valence electrons. The molecule has 0 radical (unpaired) electrons. The van der Waals surface area contributed by atoms with Crippen molar-refractivity contribution < 1.29 is 8.60 Å². The average molecular weight is 370 g/mol. The Morgan fingerprint density at radius 2 is 1.77 bits per heavy atom. The van der Waals surface area contributed by atoms with Crippen LogP contribution in [0.4, 0.5) is 10.1 Å². The largest absolute Gasteiger partial charge is 0.370 e.